The molecular weight excluding hydrogens is 310 g/mol. The quantitative estimate of drug-likeness (QED) is 0.334. The Labute approximate surface area is 120 Å². The smallest absolute Gasteiger partial charge is 0.172 e. The number of hydrogen-bond donors (Lipinski definition) is 3. The molecule has 1 aromatic carbocycles. The van der Waals surface area contributed by atoms with Crippen LogP contribution >= 0.6 is 15.9 Å². The molecule has 0 spiro atoms. The Kier molecular flexibility index (Phi) is 4.31. The van der Waals surface area contributed by atoms with Crippen LogP contribution in [0.2, 0.25) is 0 Å². The predicted octanol–water partition coefficient (Wildman–Crippen LogP) is 1.75. The van der Waals surface area contributed by atoms with Gasteiger partial charge in [-0.3, -0.25) is 0 Å². The lowest BCUT2D eigenvalue weighted by Gasteiger charge is -2.36. The first-order valence-corrected chi connectivity index (χ1v) is 7.02. The van der Waals surface area contributed by atoms with Crippen molar-refractivity contribution in [2.75, 3.05) is 18.0 Å². The van der Waals surface area contributed by atoms with Gasteiger partial charge in [-0.05, 0) is 30.5 Å². The number of β-amino-alcohol motifs (C(OH)–C–C–N with tert-alkyl or cyclic N) is 1. The summed E-state index contributed by atoms with van der Waals surface area (Å²) < 4.78 is 0.865. The predicted molar refractivity (Wildman–Crippen MR) is 78.7 cm³/mol. The molecule has 2 atom stereocenters. The number of anilines is 1. The molecule has 1 aromatic rings. The van der Waals surface area contributed by atoms with Gasteiger partial charge in [0, 0.05) is 28.8 Å². The summed E-state index contributed by atoms with van der Waals surface area (Å²) in [5.74, 6) is 0.378. The average Bonchev–Trinajstić information content (AvgIpc) is 2.41. The summed E-state index contributed by atoms with van der Waals surface area (Å²) in [4.78, 5) is 2.07. The number of benzene rings is 1. The van der Waals surface area contributed by atoms with Crippen molar-refractivity contribution in [3.05, 3.63) is 28.2 Å². The second kappa shape index (κ2) is 5.79. The highest BCUT2D eigenvalue weighted by atomic mass is 79.9. The Hall–Kier alpha value is -1.27. The minimum absolute atomic E-state index is 0.0735. The van der Waals surface area contributed by atoms with E-state index in [-0.39, 0.29) is 11.9 Å². The number of halogens is 1. The van der Waals surface area contributed by atoms with E-state index in [1.54, 1.807) is 0 Å². The summed E-state index contributed by atoms with van der Waals surface area (Å²) in [6.45, 7) is 3.47. The van der Waals surface area contributed by atoms with E-state index in [1.807, 2.05) is 25.1 Å². The molecule has 0 aliphatic carbocycles. The van der Waals surface area contributed by atoms with Gasteiger partial charge in [0.25, 0.3) is 0 Å². The first-order valence-electron chi connectivity index (χ1n) is 6.23. The van der Waals surface area contributed by atoms with Crippen LogP contribution in [0.25, 0.3) is 0 Å². The number of nitrogens with two attached hydrogens (primary N) is 1. The van der Waals surface area contributed by atoms with E-state index in [0.29, 0.717) is 18.0 Å². The number of piperidine rings is 1. The molecule has 1 fully saturated rings. The van der Waals surface area contributed by atoms with Crippen LogP contribution in [0.4, 0.5) is 5.69 Å². The van der Waals surface area contributed by atoms with E-state index in [1.165, 1.54) is 0 Å². The number of rotatable bonds is 2. The molecule has 0 bridgehead atoms. The highest BCUT2D eigenvalue weighted by Crippen LogP contribution is 2.28. The first kappa shape index (κ1) is 14.1. The van der Waals surface area contributed by atoms with Crippen molar-refractivity contribution in [1.82, 2.24) is 0 Å². The van der Waals surface area contributed by atoms with Crippen LogP contribution in [-0.4, -0.2) is 35.3 Å². The second-order valence-corrected chi connectivity index (χ2v) is 5.84. The van der Waals surface area contributed by atoms with E-state index in [9.17, 15) is 5.11 Å². The summed E-state index contributed by atoms with van der Waals surface area (Å²) in [6, 6.07) is 5.64. The number of amidine groups is 1. The van der Waals surface area contributed by atoms with Gasteiger partial charge in [0.1, 0.15) is 0 Å². The molecule has 1 aliphatic heterocycles. The molecule has 2 unspecified atom stereocenters. The second-order valence-electron chi connectivity index (χ2n) is 4.93. The van der Waals surface area contributed by atoms with Crippen LogP contribution in [0.15, 0.2) is 27.8 Å². The molecular formula is C13H18BrN3O2. The Morgan fingerprint density at radius 3 is 2.89 bits per heavy atom. The summed E-state index contributed by atoms with van der Waals surface area (Å²) in [7, 11) is 0. The first-order chi connectivity index (χ1) is 9.02. The fourth-order valence-electron chi connectivity index (χ4n) is 2.31. The zero-order chi connectivity index (χ0) is 14.0. The minimum atomic E-state index is -0.350. The Bertz CT molecular complexity index is 493. The van der Waals surface area contributed by atoms with Crippen molar-refractivity contribution >= 4 is 27.5 Å². The zero-order valence-electron chi connectivity index (χ0n) is 10.8. The molecule has 5 nitrogen and oxygen atoms in total. The van der Waals surface area contributed by atoms with Gasteiger partial charge >= 0.3 is 0 Å². The number of oxime groups is 1. The van der Waals surface area contributed by atoms with Crippen LogP contribution in [0, 0.1) is 5.92 Å². The zero-order valence-corrected chi connectivity index (χ0v) is 12.3. The molecule has 0 amide bonds. The number of nitrogens with zero attached hydrogens (tertiary/aromatic N) is 2. The summed E-state index contributed by atoms with van der Waals surface area (Å²) >= 11 is 3.38. The third-order valence-electron chi connectivity index (χ3n) is 3.60. The maximum absolute atomic E-state index is 9.99. The summed E-state index contributed by atoms with van der Waals surface area (Å²) in [5, 5.41) is 21.9. The largest absolute Gasteiger partial charge is 0.409 e. The van der Waals surface area contributed by atoms with E-state index >= 15 is 0 Å². The minimum Gasteiger partial charge on any atom is -0.409 e. The molecule has 19 heavy (non-hydrogen) atoms. The van der Waals surface area contributed by atoms with Crippen molar-refractivity contribution in [2.45, 2.75) is 19.4 Å². The lowest BCUT2D eigenvalue weighted by Crippen LogP contribution is -2.43. The lowest BCUT2D eigenvalue weighted by atomic mass is 9.95. The molecule has 0 saturated carbocycles. The number of hydrogen-bond acceptors (Lipinski definition) is 4. The number of aliphatic hydroxyl groups is 1. The van der Waals surface area contributed by atoms with E-state index in [2.05, 4.69) is 26.0 Å². The summed E-state index contributed by atoms with van der Waals surface area (Å²) in [6.07, 6.45) is 0.574. The van der Waals surface area contributed by atoms with Crippen molar-refractivity contribution in [1.29, 1.82) is 0 Å². The average molecular weight is 328 g/mol. The Balaban J connectivity index is 2.34. The van der Waals surface area contributed by atoms with Gasteiger partial charge in [-0.1, -0.05) is 28.0 Å². The normalized spacial score (nSPS) is 24.6. The monoisotopic (exact) mass is 327 g/mol. The maximum Gasteiger partial charge on any atom is 0.172 e. The fraction of sp³-hybridized carbons (Fsp3) is 0.462. The van der Waals surface area contributed by atoms with E-state index in [4.69, 9.17) is 10.9 Å². The molecule has 0 radical (unpaired) electrons. The van der Waals surface area contributed by atoms with Crippen molar-refractivity contribution in [2.24, 2.45) is 16.8 Å². The third kappa shape index (κ3) is 3.01. The lowest BCUT2D eigenvalue weighted by molar-refractivity contribution is 0.103. The van der Waals surface area contributed by atoms with Gasteiger partial charge in [0.2, 0.25) is 0 Å². The third-order valence-corrected chi connectivity index (χ3v) is 4.09. The molecule has 104 valence electrons. The van der Waals surface area contributed by atoms with Crippen LogP contribution in [0.5, 0.6) is 0 Å². The van der Waals surface area contributed by atoms with Gasteiger partial charge < -0.3 is 20.9 Å². The topological polar surface area (TPSA) is 82.1 Å². The molecule has 2 rings (SSSR count). The van der Waals surface area contributed by atoms with Gasteiger partial charge in [0.05, 0.1) is 6.10 Å². The maximum atomic E-state index is 9.99. The standard InChI is InChI=1S/C13H18BrN3O2/c1-8-4-5-17(7-12(8)18)11-3-2-9(14)6-10(11)13(15)16-19/h2-3,6,8,12,18-19H,4-5,7H2,1H3,(H2,15,16). The molecule has 1 aliphatic rings. The Morgan fingerprint density at radius 2 is 2.26 bits per heavy atom. The van der Waals surface area contributed by atoms with Crippen LogP contribution in [0.1, 0.15) is 18.9 Å². The van der Waals surface area contributed by atoms with Gasteiger partial charge in [-0.2, -0.15) is 0 Å². The highest BCUT2D eigenvalue weighted by Gasteiger charge is 2.26. The van der Waals surface area contributed by atoms with Gasteiger partial charge in [-0.15, -0.1) is 0 Å². The molecule has 1 saturated heterocycles. The SMILES string of the molecule is CC1CCN(c2ccc(Br)cc2/C(N)=N/O)CC1O. The molecule has 1 heterocycles. The van der Waals surface area contributed by atoms with Gasteiger partial charge in [-0.25, -0.2) is 0 Å². The van der Waals surface area contributed by atoms with Crippen LogP contribution in [0.3, 0.4) is 0 Å². The van der Waals surface area contributed by atoms with E-state index < -0.39 is 0 Å². The van der Waals surface area contributed by atoms with Crippen LogP contribution < -0.4 is 10.6 Å². The van der Waals surface area contributed by atoms with Crippen molar-refractivity contribution in [3.8, 4) is 0 Å². The molecule has 0 aromatic heterocycles. The van der Waals surface area contributed by atoms with Crippen molar-refractivity contribution in [3.63, 3.8) is 0 Å². The molecule has 6 heteroatoms. The fourth-order valence-corrected chi connectivity index (χ4v) is 2.67. The van der Waals surface area contributed by atoms with Crippen molar-refractivity contribution < 1.29 is 10.3 Å². The van der Waals surface area contributed by atoms with E-state index in [0.717, 1.165) is 23.1 Å². The number of aliphatic hydroxyl groups excluding tert-OH is 1. The molecule has 4 N–H and O–H groups in total. The summed E-state index contributed by atoms with van der Waals surface area (Å²) in [5.41, 5.74) is 7.27. The highest BCUT2D eigenvalue weighted by molar-refractivity contribution is 9.10. The Morgan fingerprint density at radius 1 is 1.53 bits per heavy atom. The van der Waals surface area contributed by atoms with Gasteiger partial charge in [0.15, 0.2) is 5.84 Å². The van der Waals surface area contributed by atoms with Crippen LogP contribution in [-0.2, 0) is 0 Å².